The minimum absolute atomic E-state index is 0.00314. The Hall–Kier alpha value is -2.30. The second-order valence-electron chi connectivity index (χ2n) is 9.15. The van der Waals surface area contributed by atoms with E-state index in [0.717, 1.165) is 64.6 Å². The van der Waals surface area contributed by atoms with Gasteiger partial charge in [-0.15, -0.1) is 5.26 Å². The van der Waals surface area contributed by atoms with Crippen LogP contribution in [0.3, 0.4) is 0 Å². The average Bonchev–Trinajstić information content (AvgIpc) is 2.79. The number of guanidine groups is 1. The van der Waals surface area contributed by atoms with E-state index in [2.05, 4.69) is 11.1 Å². The molecule has 1 aromatic carbocycles. The quantitative estimate of drug-likeness (QED) is 0.215. The molecule has 1 heterocycles. The molecule has 3 rings (SSSR count). The molecule has 0 radical (unpaired) electrons. The van der Waals surface area contributed by atoms with Gasteiger partial charge in [0.15, 0.2) is 5.78 Å². The summed E-state index contributed by atoms with van der Waals surface area (Å²) in [5.74, 6) is 0.116. The topological polar surface area (TPSA) is 94.0 Å². The number of quaternary nitrogens is 1. The highest BCUT2D eigenvalue weighted by molar-refractivity contribution is 5.95. The monoisotopic (exact) mass is 428 g/mol. The van der Waals surface area contributed by atoms with E-state index in [-0.39, 0.29) is 28.1 Å². The van der Waals surface area contributed by atoms with E-state index >= 15 is 0 Å². The van der Waals surface area contributed by atoms with E-state index in [1.165, 1.54) is 18.6 Å². The molecule has 3 N–H and O–H groups in total. The third kappa shape index (κ3) is 5.90. The fourth-order valence-electron chi connectivity index (χ4n) is 5.19. The first-order chi connectivity index (χ1) is 14.9. The van der Waals surface area contributed by atoms with Gasteiger partial charge in [-0.1, -0.05) is 6.42 Å². The van der Waals surface area contributed by atoms with Gasteiger partial charge in [0.25, 0.3) is 0 Å². The number of ketones is 1. The van der Waals surface area contributed by atoms with Crippen molar-refractivity contribution in [3.8, 4) is 6.19 Å². The molecule has 1 atom stereocenters. The molecule has 6 nitrogen and oxygen atoms in total. The van der Waals surface area contributed by atoms with Crippen molar-refractivity contribution in [2.75, 3.05) is 26.2 Å². The predicted molar refractivity (Wildman–Crippen MR) is 119 cm³/mol. The largest absolute Gasteiger partial charge is 0.337 e. The summed E-state index contributed by atoms with van der Waals surface area (Å²) in [6.07, 6.45) is 11.1. The predicted octanol–water partition coefficient (Wildman–Crippen LogP) is 4.02. The molecule has 1 aliphatic heterocycles. The van der Waals surface area contributed by atoms with Gasteiger partial charge in [-0.2, -0.15) is 4.48 Å². The zero-order valence-corrected chi connectivity index (χ0v) is 18.4. The van der Waals surface area contributed by atoms with E-state index in [4.69, 9.17) is 11.1 Å². The highest BCUT2D eigenvalue weighted by Crippen LogP contribution is 2.31. The molecular weight excluding hydrogens is 393 g/mol. The maximum atomic E-state index is 13.0. The van der Waals surface area contributed by atoms with Crippen LogP contribution in [0.25, 0.3) is 0 Å². The van der Waals surface area contributed by atoms with E-state index in [0.29, 0.717) is 24.4 Å². The van der Waals surface area contributed by atoms with Crippen LogP contribution in [0.4, 0.5) is 4.39 Å². The molecule has 1 aliphatic carbocycles. The van der Waals surface area contributed by atoms with Crippen molar-refractivity contribution in [3.05, 3.63) is 35.6 Å². The number of Topliss-reactive ketones (excluding diaryl/α,β-unsaturated/α-hetero) is 1. The highest BCUT2D eigenvalue weighted by Gasteiger charge is 2.44. The fraction of sp³-hybridized carbons (Fsp3) is 0.625. The summed E-state index contributed by atoms with van der Waals surface area (Å²) >= 11 is 0. The van der Waals surface area contributed by atoms with Crippen LogP contribution in [0.5, 0.6) is 0 Å². The van der Waals surface area contributed by atoms with Crippen molar-refractivity contribution in [2.45, 2.75) is 63.8 Å². The number of rotatable bonds is 8. The van der Waals surface area contributed by atoms with Crippen LogP contribution >= 0.6 is 0 Å². The lowest BCUT2D eigenvalue weighted by molar-refractivity contribution is -0.811. The summed E-state index contributed by atoms with van der Waals surface area (Å²) in [4.78, 5) is 14.6. The van der Waals surface area contributed by atoms with E-state index in [1.54, 1.807) is 12.1 Å². The molecule has 168 valence electrons. The summed E-state index contributed by atoms with van der Waals surface area (Å²) in [6.45, 7) is 3.41. The first-order valence-electron chi connectivity index (χ1n) is 11.6. The van der Waals surface area contributed by atoms with Gasteiger partial charge in [0.2, 0.25) is 0 Å². The number of piperidine rings is 1. The van der Waals surface area contributed by atoms with Gasteiger partial charge in [0.1, 0.15) is 18.4 Å². The third-order valence-corrected chi connectivity index (χ3v) is 7.10. The number of carbonyl (C=O) groups is 1. The Balaban J connectivity index is 1.45. The highest BCUT2D eigenvalue weighted by atomic mass is 19.1. The molecular formula is C24H35FN5O+. The Labute approximate surface area is 184 Å². The summed E-state index contributed by atoms with van der Waals surface area (Å²) < 4.78 is 13.0. The number of likely N-dealkylation sites (tertiary alicyclic amines) is 1. The van der Waals surface area contributed by atoms with Crippen LogP contribution in [0, 0.1) is 28.6 Å². The second-order valence-corrected chi connectivity index (χ2v) is 9.15. The van der Waals surface area contributed by atoms with Crippen molar-refractivity contribution in [2.24, 2.45) is 11.7 Å². The molecule has 1 aromatic rings. The SMILES string of the molecule is N#C[N+](CC1CCN(CCCC(=O)c2ccc(F)cc2)CC1)(C(=N)N)C1CCCCC1. The summed E-state index contributed by atoms with van der Waals surface area (Å²) in [6, 6.07) is 5.90. The third-order valence-electron chi connectivity index (χ3n) is 7.10. The van der Waals surface area contributed by atoms with Crippen LogP contribution in [-0.2, 0) is 0 Å². The minimum atomic E-state index is -0.327. The first-order valence-corrected chi connectivity index (χ1v) is 11.6. The summed E-state index contributed by atoms with van der Waals surface area (Å²) in [7, 11) is 0. The van der Waals surface area contributed by atoms with Crippen LogP contribution in [0.15, 0.2) is 24.3 Å². The molecule has 0 aromatic heterocycles. The van der Waals surface area contributed by atoms with Crippen molar-refractivity contribution in [1.29, 1.82) is 10.7 Å². The minimum Gasteiger partial charge on any atom is -0.337 e. The van der Waals surface area contributed by atoms with E-state index in [1.807, 2.05) is 0 Å². The van der Waals surface area contributed by atoms with Gasteiger partial charge in [-0.25, -0.2) is 9.80 Å². The number of hydrogen-bond donors (Lipinski definition) is 2. The lowest BCUT2D eigenvalue weighted by Gasteiger charge is -2.41. The van der Waals surface area contributed by atoms with E-state index < -0.39 is 0 Å². The summed E-state index contributed by atoms with van der Waals surface area (Å²) in [5, 5.41) is 18.2. The van der Waals surface area contributed by atoms with E-state index in [9.17, 15) is 14.4 Å². The van der Waals surface area contributed by atoms with Crippen LogP contribution in [-0.4, -0.2) is 53.3 Å². The maximum Gasteiger partial charge on any atom is 0.317 e. The van der Waals surface area contributed by atoms with Crippen molar-refractivity contribution in [1.82, 2.24) is 4.90 Å². The van der Waals surface area contributed by atoms with Gasteiger partial charge in [-0.3, -0.25) is 4.79 Å². The molecule has 0 bridgehead atoms. The van der Waals surface area contributed by atoms with Gasteiger partial charge in [0, 0.05) is 30.7 Å². The number of nitriles is 1. The molecule has 1 saturated carbocycles. The number of halogens is 1. The standard InChI is InChI=1S/C24H35FN5O/c25-21-10-8-20(9-11-21)23(31)7-4-14-29-15-12-19(13-16-29)17-30(18-26,24(27)28)22-5-2-1-3-6-22/h8-11,19,22H,1-7,12-17H2,(H3,27,28)/q+1. The van der Waals surface area contributed by atoms with Crippen molar-refractivity contribution < 1.29 is 13.7 Å². The zero-order valence-electron chi connectivity index (χ0n) is 18.4. The molecule has 31 heavy (non-hydrogen) atoms. The lowest BCUT2D eigenvalue weighted by atomic mass is 9.89. The van der Waals surface area contributed by atoms with Crippen LogP contribution < -0.4 is 5.73 Å². The smallest absolute Gasteiger partial charge is 0.317 e. The number of nitrogens with zero attached hydrogens (tertiary/aromatic N) is 3. The Morgan fingerprint density at radius 1 is 1.16 bits per heavy atom. The lowest BCUT2D eigenvalue weighted by Crippen LogP contribution is -2.61. The maximum absolute atomic E-state index is 13.0. The van der Waals surface area contributed by atoms with Gasteiger partial charge in [-0.05, 0) is 76.0 Å². The second kappa shape index (κ2) is 10.8. The van der Waals surface area contributed by atoms with Crippen molar-refractivity contribution in [3.63, 3.8) is 0 Å². The van der Waals surface area contributed by atoms with Gasteiger partial charge >= 0.3 is 12.2 Å². The molecule has 0 amide bonds. The van der Waals surface area contributed by atoms with Crippen LogP contribution in [0.2, 0.25) is 0 Å². The molecule has 1 saturated heterocycles. The normalized spacial score (nSPS) is 20.6. The van der Waals surface area contributed by atoms with Crippen LogP contribution in [0.1, 0.15) is 68.1 Å². The number of carbonyl (C=O) groups excluding carboxylic acids is 1. The Bertz CT molecular complexity index is 791. The molecule has 2 aliphatic rings. The average molecular weight is 429 g/mol. The Kier molecular flexibility index (Phi) is 8.16. The zero-order chi connectivity index (χ0) is 22.3. The molecule has 7 heteroatoms. The number of hydrogen-bond acceptors (Lipinski definition) is 4. The van der Waals surface area contributed by atoms with Gasteiger partial charge in [0.05, 0.1) is 0 Å². The number of benzene rings is 1. The first kappa shape index (κ1) is 23.4. The molecule has 0 spiro atoms. The molecule has 1 unspecified atom stereocenters. The Morgan fingerprint density at radius 2 is 1.81 bits per heavy atom. The summed E-state index contributed by atoms with van der Waals surface area (Å²) in [5.41, 5.74) is 6.54. The van der Waals surface area contributed by atoms with Gasteiger partial charge < -0.3 is 10.6 Å². The fourth-order valence-corrected chi connectivity index (χ4v) is 5.19. The van der Waals surface area contributed by atoms with Crippen molar-refractivity contribution >= 4 is 11.7 Å². The number of nitrogens with one attached hydrogen (secondary N) is 1. The Morgan fingerprint density at radius 3 is 2.39 bits per heavy atom. The number of nitrogens with two attached hydrogens (primary N) is 1. The molecule has 2 fully saturated rings.